The summed E-state index contributed by atoms with van der Waals surface area (Å²) in [6.07, 6.45) is 3.26. The topological polar surface area (TPSA) is 121 Å². The average molecular weight is 584 g/mol. The molecule has 2 aliphatic rings. The molecule has 0 aliphatic carbocycles. The van der Waals surface area contributed by atoms with Crippen LogP contribution in [0.3, 0.4) is 0 Å². The molecule has 1 aromatic heterocycles. The summed E-state index contributed by atoms with van der Waals surface area (Å²) in [5.41, 5.74) is 0.560. The minimum Gasteiger partial charge on any atom is -0.493 e. The number of amides is 2. The van der Waals surface area contributed by atoms with E-state index in [9.17, 15) is 19.5 Å². The van der Waals surface area contributed by atoms with E-state index in [1.165, 1.54) is 19.1 Å². The van der Waals surface area contributed by atoms with Crippen molar-refractivity contribution >= 4 is 44.6 Å². The normalized spacial score (nSPS) is 24.7. The number of likely N-dealkylation sites (tertiary alicyclic amines) is 1. The summed E-state index contributed by atoms with van der Waals surface area (Å²) < 4.78 is 11.6. The highest BCUT2D eigenvalue weighted by atomic mass is 79.9. The van der Waals surface area contributed by atoms with Gasteiger partial charge in [0.05, 0.1) is 30.5 Å². The second-order valence-electron chi connectivity index (χ2n) is 9.86. The van der Waals surface area contributed by atoms with Crippen molar-refractivity contribution in [3.8, 4) is 11.5 Å². The van der Waals surface area contributed by atoms with E-state index in [-0.39, 0.29) is 18.9 Å². The van der Waals surface area contributed by atoms with Crippen LogP contribution in [0.4, 0.5) is 0 Å². The van der Waals surface area contributed by atoms with Gasteiger partial charge in [-0.25, -0.2) is 0 Å². The minimum atomic E-state index is -1.70. The third-order valence-electron chi connectivity index (χ3n) is 7.82. The number of fused-ring (bicyclic) bond motifs is 2. The number of carbonyl (C=O) groups is 3. The summed E-state index contributed by atoms with van der Waals surface area (Å²) in [7, 11) is 3.03. The molecule has 0 radical (unpaired) electrons. The number of carboxylic acid groups (broad SMARTS) is 1. The van der Waals surface area contributed by atoms with E-state index in [2.05, 4.69) is 26.2 Å². The van der Waals surface area contributed by atoms with Gasteiger partial charge in [0.25, 0.3) is 0 Å². The standard InChI is InChI=1S/C28H30BrN3O6/c1-4-5-10-32-25(33)21-22(26(32)34)28(27(35)36,13-16-14-30-19-9-7-6-8-17(16)19)31-23(21)15-11-18(29)24(38-3)20(12-15)37-2/h6-9,11-12,14,21-23,30-31H,4-5,10,13H2,1-3H3,(H,35,36). The molecule has 200 valence electrons. The molecule has 0 bridgehead atoms. The van der Waals surface area contributed by atoms with E-state index in [0.29, 0.717) is 28.0 Å². The van der Waals surface area contributed by atoms with Crippen LogP contribution < -0.4 is 14.8 Å². The molecule has 9 nitrogen and oxygen atoms in total. The smallest absolute Gasteiger partial charge is 0.325 e. The number of ether oxygens (including phenoxy) is 2. The fourth-order valence-corrected chi connectivity index (χ4v) is 6.64. The molecule has 2 aliphatic heterocycles. The van der Waals surface area contributed by atoms with Crippen LogP contribution in [0.1, 0.15) is 36.9 Å². The quantitative estimate of drug-likeness (QED) is 0.325. The summed E-state index contributed by atoms with van der Waals surface area (Å²) in [6.45, 7) is 2.25. The number of nitrogens with zero attached hydrogens (tertiary/aromatic N) is 1. The predicted molar refractivity (Wildman–Crippen MR) is 144 cm³/mol. The molecule has 0 spiro atoms. The van der Waals surface area contributed by atoms with Crippen LogP contribution in [0.2, 0.25) is 0 Å². The lowest BCUT2D eigenvalue weighted by Gasteiger charge is -2.31. The average Bonchev–Trinajstić information content (AvgIpc) is 3.55. The summed E-state index contributed by atoms with van der Waals surface area (Å²) >= 11 is 3.51. The van der Waals surface area contributed by atoms with Gasteiger partial charge in [-0.2, -0.15) is 0 Å². The number of benzene rings is 2. The van der Waals surface area contributed by atoms with Crippen LogP contribution in [0.5, 0.6) is 11.5 Å². The van der Waals surface area contributed by atoms with E-state index in [4.69, 9.17) is 9.47 Å². The number of hydrogen-bond donors (Lipinski definition) is 3. The third kappa shape index (κ3) is 3.97. The Balaban J connectivity index is 1.66. The van der Waals surface area contributed by atoms with Crippen LogP contribution in [0.25, 0.3) is 10.9 Å². The van der Waals surface area contributed by atoms with Gasteiger partial charge < -0.3 is 19.6 Å². The zero-order valence-corrected chi connectivity index (χ0v) is 23.0. The number of H-pyrrole nitrogens is 1. The Morgan fingerprint density at radius 1 is 1.16 bits per heavy atom. The second kappa shape index (κ2) is 10.1. The van der Waals surface area contributed by atoms with Crippen molar-refractivity contribution in [2.24, 2.45) is 11.8 Å². The molecule has 4 atom stereocenters. The van der Waals surface area contributed by atoms with Gasteiger partial charge in [-0.05, 0) is 51.7 Å². The summed E-state index contributed by atoms with van der Waals surface area (Å²) in [5, 5.41) is 14.9. The Bertz CT molecular complexity index is 1420. The summed E-state index contributed by atoms with van der Waals surface area (Å²) in [5.74, 6) is -3.00. The van der Waals surface area contributed by atoms with Crippen molar-refractivity contribution < 1.29 is 29.0 Å². The van der Waals surface area contributed by atoms with Crippen LogP contribution in [0, 0.1) is 11.8 Å². The number of para-hydroxylation sites is 1. The second-order valence-corrected chi connectivity index (χ2v) is 10.7. The minimum absolute atomic E-state index is 0.0269. The molecular weight excluding hydrogens is 554 g/mol. The van der Waals surface area contributed by atoms with E-state index in [1.807, 2.05) is 31.2 Å². The van der Waals surface area contributed by atoms with Gasteiger partial charge >= 0.3 is 5.97 Å². The van der Waals surface area contributed by atoms with Gasteiger partial charge in [-0.15, -0.1) is 0 Å². The van der Waals surface area contributed by atoms with Crippen molar-refractivity contribution in [3.63, 3.8) is 0 Å². The first-order valence-corrected chi connectivity index (χ1v) is 13.4. The molecular formula is C28H30BrN3O6. The lowest BCUT2D eigenvalue weighted by molar-refractivity contribution is -0.151. The van der Waals surface area contributed by atoms with Crippen molar-refractivity contribution in [1.82, 2.24) is 15.2 Å². The number of carboxylic acids is 1. The molecule has 10 heteroatoms. The highest BCUT2D eigenvalue weighted by Crippen LogP contribution is 2.52. The largest absolute Gasteiger partial charge is 0.493 e. The lowest BCUT2D eigenvalue weighted by Crippen LogP contribution is -2.57. The van der Waals surface area contributed by atoms with E-state index >= 15 is 0 Å². The zero-order valence-electron chi connectivity index (χ0n) is 21.4. The molecule has 4 unspecified atom stereocenters. The van der Waals surface area contributed by atoms with E-state index in [0.717, 1.165) is 22.9 Å². The van der Waals surface area contributed by atoms with Crippen LogP contribution in [0.15, 0.2) is 47.1 Å². The molecule has 2 fully saturated rings. The highest BCUT2D eigenvalue weighted by Gasteiger charge is 2.68. The van der Waals surface area contributed by atoms with Gasteiger partial charge in [0.2, 0.25) is 11.8 Å². The van der Waals surface area contributed by atoms with Gasteiger partial charge in [0, 0.05) is 36.1 Å². The molecule has 3 heterocycles. The Hall–Kier alpha value is -3.37. The van der Waals surface area contributed by atoms with E-state index < -0.39 is 35.3 Å². The Kier molecular flexibility index (Phi) is 6.96. The maximum Gasteiger partial charge on any atom is 0.325 e. The zero-order chi connectivity index (χ0) is 27.2. The van der Waals surface area contributed by atoms with Crippen molar-refractivity contribution in [2.75, 3.05) is 20.8 Å². The number of aliphatic carboxylic acids is 1. The lowest BCUT2D eigenvalue weighted by atomic mass is 9.76. The van der Waals surface area contributed by atoms with Crippen LogP contribution >= 0.6 is 15.9 Å². The van der Waals surface area contributed by atoms with E-state index in [1.54, 1.807) is 18.3 Å². The molecule has 5 rings (SSSR count). The number of hydrogen-bond acceptors (Lipinski definition) is 6. The Morgan fingerprint density at radius 3 is 2.61 bits per heavy atom. The molecule has 2 saturated heterocycles. The Morgan fingerprint density at radius 2 is 1.92 bits per heavy atom. The number of imide groups is 1. The maximum atomic E-state index is 13.8. The number of halogens is 1. The van der Waals surface area contributed by atoms with Gasteiger partial charge in [0.1, 0.15) is 5.54 Å². The summed E-state index contributed by atoms with van der Waals surface area (Å²) in [6, 6.07) is 10.4. The number of nitrogens with one attached hydrogen (secondary N) is 2. The van der Waals surface area contributed by atoms with Crippen molar-refractivity contribution in [3.05, 3.63) is 58.2 Å². The molecule has 0 saturated carbocycles. The predicted octanol–water partition coefficient (Wildman–Crippen LogP) is 4.06. The monoisotopic (exact) mass is 583 g/mol. The first kappa shape index (κ1) is 26.2. The maximum absolute atomic E-state index is 13.8. The SMILES string of the molecule is CCCCN1C(=O)C2C(c3cc(Br)c(OC)c(OC)c3)NC(Cc3c[nH]c4ccccc34)(C(=O)O)C2C1=O. The highest BCUT2D eigenvalue weighted by molar-refractivity contribution is 9.10. The first-order chi connectivity index (χ1) is 18.3. The van der Waals surface area contributed by atoms with Gasteiger partial charge in [0.15, 0.2) is 11.5 Å². The van der Waals surface area contributed by atoms with Gasteiger partial charge in [-0.3, -0.25) is 24.6 Å². The molecule has 2 amide bonds. The number of aromatic nitrogens is 1. The molecule has 38 heavy (non-hydrogen) atoms. The Labute approximate surface area is 228 Å². The number of rotatable bonds is 9. The first-order valence-electron chi connectivity index (χ1n) is 12.6. The molecule has 3 N–H and O–H groups in total. The molecule has 2 aromatic carbocycles. The fraction of sp³-hybridized carbons (Fsp3) is 0.393. The number of methoxy groups -OCH3 is 2. The summed E-state index contributed by atoms with van der Waals surface area (Å²) in [4.78, 5) is 45.2. The fourth-order valence-electron chi connectivity index (χ4n) is 6.02. The van der Waals surface area contributed by atoms with Crippen LogP contribution in [-0.4, -0.2) is 59.1 Å². The van der Waals surface area contributed by atoms with Crippen molar-refractivity contribution in [1.29, 1.82) is 0 Å². The third-order valence-corrected chi connectivity index (χ3v) is 8.41. The van der Waals surface area contributed by atoms with Crippen molar-refractivity contribution in [2.45, 2.75) is 37.8 Å². The number of unbranched alkanes of at least 4 members (excludes halogenated alkanes) is 1. The van der Waals surface area contributed by atoms with Crippen LogP contribution in [-0.2, 0) is 20.8 Å². The molecule has 3 aromatic rings. The van der Waals surface area contributed by atoms with Gasteiger partial charge in [-0.1, -0.05) is 31.5 Å². The number of aromatic amines is 1. The number of carbonyl (C=O) groups excluding carboxylic acids is 2.